The molecule has 0 atom stereocenters. The summed E-state index contributed by atoms with van der Waals surface area (Å²) >= 11 is 0. The summed E-state index contributed by atoms with van der Waals surface area (Å²) in [5, 5.41) is 0. The number of oxazole rings is 1. The highest BCUT2D eigenvalue weighted by atomic mass is 16.3. The van der Waals surface area contributed by atoms with Crippen molar-refractivity contribution < 1.29 is 9.21 Å². The van der Waals surface area contributed by atoms with Gasteiger partial charge in [-0.3, -0.25) is 9.20 Å². The van der Waals surface area contributed by atoms with Crippen LogP contribution in [0.25, 0.3) is 17.1 Å². The van der Waals surface area contributed by atoms with Gasteiger partial charge in [-0.1, -0.05) is 6.07 Å². The molecule has 3 rings (SSSR count). The van der Waals surface area contributed by atoms with Crippen LogP contribution in [0.2, 0.25) is 0 Å². The maximum atomic E-state index is 11.5. The Balaban J connectivity index is 2.38. The minimum Gasteiger partial charge on any atom is -0.442 e. The molecule has 0 spiro atoms. The number of nitrogens with two attached hydrogens (primary N) is 1. The lowest BCUT2D eigenvalue weighted by atomic mass is 10.2. The second-order valence-electron chi connectivity index (χ2n) is 3.47. The summed E-state index contributed by atoms with van der Waals surface area (Å²) in [6, 6.07) is 5.41. The first kappa shape index (κ1) is 9.59. The van der Waals surface area contributed by atoms with Crippen molar-refractivity contribution in [3.8, 4) is 11.5 Å². The molecule has 0 bridgehead atoms. The van der Waals surface area contributed by atoms with Crippen LogP contribution in [0.3, 0.4) is 0 Å². The summed E-state index contributed by atoms with van der Waals surface area (Å²) < 4.78 is 6.77. The average molecular weight is 228 g/mol. The molecule has 0 unspecified atom stereocenters. The van der Waals surface area contributed by atoms with Crippen LogP contribution in [-0.2, 0) is 0 Å². The standard InChI is InChI=1S/C11H8N4O2/c12-11(16)10-9(7-5-13-6-17-7)14-8-3-1-2-4-15(8)10/h1-6H,(H2,12,16). The van der Waals surface area contributed by atoms with Gasteiger partial charge in [0.05, 0.1) is 6.20 Å². The molecule has 0 radical (unpaired) electrons. The van der Waals surface area contributed by atoms with Crippen LogP contribution in [0.1, 0.15) is 10.5 Å². The van der Waals surface area contributed by atoms with Crippen LogP contribution in [0, 0.1) is 0 Å². The normalized spacial score (nSPS) is 10.8. The van der Waals surface area contributed by atoms with E-state index in [9.17, 15) is 4.79 Å². The summed E-state index contributed by atoms with van der Waals surface area (Å²) in [7, 11) is 0. The summed E-state index contributed by atoms with van der Waals surface area (Å²) in [6.07, 6.45) is 4.50. The number of rotatable bonds is 2. The molecule has 1 amide bonds. The molecule has 0 aliphatic carbocycles. The molecule has 0 saturated heterocycles. The summed E-state index contributed by atoms with van der Waals surface area (Å²) in [5.74, 6) is -0.141. The summed E-state index contributed by atoms with van der Waals surface area (Å²) in [5.41, 5.74) is 6.69. The Hall–Kier alpha value is -2.63. The third-order valence-electron chi connectivity index (χ3n) is 2.43. The van der Waals surface area contributed by atoms with Gasteiger partial charge in [0.15, 0.2) is 12.2 Å². The lowest BCUT2D eigenvalue weighted by Crippen LogP contribution is -2.14. The first-order valence-electron chi connectivity index (χ1n) is 4.93. The van der Waals surface area contributed by atoms with Gasteiger partial charge < -0.3 is 10.2 Å². The lowest BCUT2D eigenvalue weighted by Gasteiger charge is -1.97. The quantitative estimate of drug-likeness (QED) is 0.711. The molecule has 17 heavy (non-hydrogen) atoms. The van der Waals surface area contributed by atoms with Gasteiger partial charge in [0.2, 0.25) is 0 Å². The highest BCUT2D eigenvalue weighted by Gasteiger charge is 2.19. The van der Waals surface area contributed by atoms with Crippen molar-refractivity contribution in [1.82, 2.24) is 14.4 Å². The molecular weight excluding hydrogens is 220 g/mol. The van der Waals surface area contributed by atoms with Crippen LogP contribution >= 0.6 is 0 Å². The minimum absolute atomic E-state index is 0.289. The monoisotopic (exact) mass is 228 g/mol. The Bertz CT molecular complexity index is 685. The Morgan fingerprint density at radius 1 is 1.41 bits per heavy atom. The topological polar surface area (TPSA) is 86.4 Å². The van der Waals surface area contributed by atoms with Crippen LogP contribution in [-0.4, -0.2) is 20.3 Å². The molecular formula is C11H8N4O2. The number of pyridine rings is 1. The van der Waals surface area contributed by atoms with E-state index in [0.717, 1.165) is 0 Å². The molecule has 6 nitrogen and oxygen atoms in total. The predicted octanol–water partition coefficient (Wildman–Crippen LogP) is 1.09. The molecule has 6 heteroatoms. The number of carbonyl (C=O) groups is 1. The number of aromatic nitrogens is 3. The molecule has 3 heterocycles. The molecule has 2 N–H and O–H groups in total. The van der Waals surface area contributed by atoms with E-state index in [1.54, 1.807) is 22.7 Å². The van der Waals surface area contributed by atoms with E-state index < -0.39 is 5.91 Å². The zero-order chi connectivity index (χ0) is 11.8. The third kappa shape index (κ3) is 1.38. The maximum Gasteiger partial charge on any atom is 0.268 e. The van der Waals surface area contributed by atoms with Crippen LogP contribution in [0.5, 0.6) is 0 Å². The predicted molar refractivity (Wildman–Crippen MR) is 59.2 cm³/mol. The number of nitrogens with zero attached hydrogens (tertiary/aromatic N) is 3. The van der Waals surface area contributed by atoms with E-state index in [4.69, 9.17) is 10.2 Å². The first-order valence-corrected chi connectivity index (χ1v) is 4.93. The van der Waals surface area contributed by atoms with E-state index in [2.05, 4.69) is 9.97 Å². The van der Waals surface area contributed by atoms with Crippen molar-refractivity contribution in [3.63, 3.8) is 0 Å². The minimum atomic E-state index is -0.560. The molecule has 0 saturated carbocycles. The molecule has 0 aliphatic heterocycles. The molecule has 84 valence electrons. The zero-order valence-corrected chi connectivity index (χ0v) is 8.70. The van der Waals surface area contributed by atoms with E-state index in [1.807, 2.05) is 6.07 Å². The number of amides is 1. The van der Waals surface area contributed by atoms with Gasteiger partial charge >= 0.3 is 0 Å². The Kier molecular flexibility index (Phi) is 1.94. The zero-order valence-electron chi connectivity index (χ0n) is 8.70. The maximum absolute atomic E-state index is 11.5. The molecule has 3 aromatic rings. The largest absolute Gasteiger partial charge is 0.442 e. The van der Waals surface area contributed by atoms with Crippen molar-refractivity contribution in [2.24, 2.45) is 5.73 Å². The molecule has 0 aromatic carbocycles. The highest BCUT2D eigenvalue weighted by molar-refractivity contribution is 5.97. The van der Waals surface area contributed by atoms with Crippen molar-refractivity contribution in [3.05, 3.63) is 42.7 Å². The second-order valence-corrected chi connectivity index (χ2v) is 3.47. The van der Waals surface area contributed by atoms with Crippen molar-refractivity contribution in [2.45, 2.75) is 0 Å². The van der Waals surface area contributed by atoms with Gasteiger partial charge in [-0.05, 0) is 12.1 Å². The number of hydrogen-bond acceptors (Lipinski definition) is 4. The van der Waals surface area contributed by atoms with Crippen LogP contribution < -0.4 is 5.73 Å². The molecule has 0 fully saturated rings. The van der Waals surface area contributed by atoms with Crippen molar-refractivity contribution in [2.75, 3.05) is 0 Å². The Labute approximate surface area is 95.7 Å². The van der Waals surface area contributed by atoms with Crippen molar-refractivity contribution >= 4 is 11.6 Å². The van der Waals surface area contributed by atoms with Gasteiger partial charge in [-0.25, -0.2) is 9.97 Å². The lowest BCUT2D eigenvalue weighted by molar-refractivity contribution is 0.0995. The first-order chi connectivity index (χ1) is 8.27. The third-order valence-corrected chi connectivity index (χ3v) is 2.43. The number of hydrogen-bond donors (Lipinski definition) is 1. The number of carbonyl (C=O) groups excluding carboxylic acids is 1. The SMILES string of the molecule is NC(=O)c1c(-c2cnco2)nc2ccccn12. The van der Waals surface area contributed by atoms with Gasteiger partial charge in [-0.15, -0.1) is 0 Å². The Morgan fingerprint density at radius 2 is 2.29 bits per heavy atom. The smallest absolute Gasteiger partial charge is 0.268 e. The number of fused-ring (bicyclic) bond motifs is 1. The van der Waals surface area contributed by atoms with E-state index in [0.29, 0.717) is 17.1 Å². The van der Waals surface area contributed by atoms with Gasteiger partial charge in [0.1, 0.15) is 17.0 Å². The van der Waals surface area contributed by atoms with Gasteiger partial charge in [0, 0.05) is 6.20 Å². The molecule has 0 aliphatic rings. The fraction of sp³-hybridized carbons (Fsp3) is 0. The summed E-state index contributed by atoms with van der Waals surface area (Å²) in [6.45, 7) is 0. The highest BCUT2D eigenvalue weighted by Crippen LogP contribution is 2.23. The van der Waals surface area contributed by atoms with E-state index in [-0.39, 0.29) is 5.69 Å². The van der Waals surface area contributed by atoms with Crippen LogP contribution in [0.4, 0.5) is 0 Å². The van der Waals surface area contributed by atoms with Gasteiger partial charge in [0.25, 0.3) is 5.91 Å². The Morgan fingerprint density at radius 3 is 3.00 bits per heavy atom. The second kappa shape index (κ2) is 3.44. The number of imidazole rings is 1. The molecule has 3 aromatic heterocycles. The average Bonchev–Trinajstić information content (AvgIpc) is 2.95. The van der Waals surface area contributed by atoms with E-state index in [1.165, 1.54) is 12.6 Å². The fourth-order valence-electron chi connectivity index (χ4n) is 1.74. The fourth-order valence-corrected chi connectivity index (χ4v) is 1.74. The number of primary amides is 1. The van der Waals surface area contributed by atoms with Gasteiger partial charge in [-0.2, -0.15) is 0 Å². The van der Waals surface area contributed by atoms with E-state index >= 15 is 0 Å². The summed E-state index contributed by atoms with van der Waals surface area (Å²) in [4.78, 5) is 19.6. The van der Waals surface area contributed by atoms with Crippen molar-refractivity contribution in [1.29, 1.82) is 0 Å². The van der Waals surface area contributed by atoms with Crippen LogP contribution in [0.15, 0.2) is 41.4 Å².